The van der Waals surface area contributed by atoms with Gasteiger partial charge in [-0.2, -0.15) is 20.6 Å². The first-order valence-corrected chi connectivity index (χ1v) is 10.1. The number of nitriles is 1. The first-order valence-electron chi connectivity index (χ1n) is 10.1. The maximum absolute atomic E-state index is 12.9. The third kappa shape index (κ3) is 2.42. The highest BCUT2D eigenvalue weighted by Gasteiger charge is 2.53. The number of fused-ring (bicyclic) bond motifs is 3. The first kappa shape index (κ1) is 18.4. The molecule has 0 N–H and O–H groups in total. The second-order valence-corrected chi connectivity index (χ2v) is 8.13. The number of hydrogen-bond donors (Lipinski definition) is 0. The number of allylic oxidation sites excluding steroid dienone is 2. The van der Waals surface area contributed by atoms with Crippen LogP contribution in [-0.4, -0.2) is 25.8 Å². The number of rotatable bonds is 2. The van der Waals surface area contributed by atoms with Crippen molar-refractivity contribution >= 4 is 5.78 Å². The van der Waals surface area contributed by atoms with Crippen LogP contribution in [0.4, 0.5) is 0 Å². The average molecular weight is 395 g/mol. The molecule has 1 aromatic carbocycles. The summed E-state index contributed by atoms with van der Waals surface area (Å²) in [4.78, 5) is 12.9. The zero-order valence-corrected chi connectivity index (χ0v) is 16.9. The van der Waals surface area contributed by atoms with E-state index in [2.05, 4.69) is 28.4 Å². The molecular weight excluding hydrogens is 374 g/mol. The van der Waals surface area contributed by atoms with Gasteiger partial charge in [-0.15, -0.1) is 0 Å². The highest BCUT2D eigenvalue weighted by atomic mass is 16.1. The Morgan fingerprint density at radius 3 is 2.70 bits per heavy atom. The van der Waals surface area contributed by atoms with Crippen LogP contribution in [0.15, 0.2) is 60.4 Å². The normalized spacial score (nSPS) is 25.1. The van der Waals surface area contributed by atoms with Crippen LogP contribution in [-0.2, 0) is 23.7 Å². The van der Waals surface area contributed by atoms with Crippen LogP contribution in [0.3, 0.4) is 0 Å². The summed E-state index contributed by atoms with van der Waals surface area (Å²) < 4.78 is 1.90. The SMILES string of the molecule is C[C@@H]1C(=O)C(C#N)=C[C@]2(c3ccccc3)c3nn(C)c(-c4ccnnc4)c3CC[C@@H]12. The molecule has 6 nitrogen and oxygen atoms in total. The van der Waals surface area contributed by atoms with Gasteiger partial charge in [-0.25, -0.2) is 0 Å². The Morgan fingerprint density at radius 1 is 1.20 bits per heavy atom. The molecule has 2 aliphatic rings. The summed E-state index contributed by atoms with van der Waals surface area (Å²) in [6.45, 7) is 1.96. The summed E-state index contributed by atoms with van der Waals surface area (Å²) in [6.07, 6.45) is 6.99. The average Bonchev–Trinajstić information content (AvgIpc) is 3.13. The number of aromatic nitrogens is 4. The quantitative estimate of drug-likeness (QED) is 0.664. The molecule has 0 saturated carbocycles. The summed E-state index contributed by atoms with van der Waals surface area (Å²) in [5, 5.41) is 22.7. The molecule has 0 radical (unpaired) electrons. The highest BCUT2D eigenvalue weighted by Crippen LogP contribution is 2.54. The van der Waals surface area contributed by atoms with Gasteiger partial charge in [0, 0.05) is 24.1 Å². The molecule has 3 aromatic rings. The van der Waals surface area contributed by atoms with E-state index >= 15 is 0 Å². The number of benzene rings is 1. The van der Waals surface area contributed by atoms with Crippen molar-refractivity contribution in [1.82, 2.24) is 20.0 Å². The van der Waals surface area contributed by atoms with Crippen LogP contribution in [0.5, 0.6) is 0 Å². The number of ketones is 1. The van der Waals surface area contributed by atoms with Gasteiger partial charge in [-0.1, -0.05) is 37.3 Å². The molecule has 2 aliphatic carbocycles. The Labute approximate surface area is 174 Å². The van der Waals surface area contributed by atoms with E-state index in [4.69, 9.17) is 5.10 Å². The number of carbonyl (C=O) groups excluding carboxylic acids is 1. The summed E-state index contributed by atoms with van der Waals surface area (Å²) in [5.41, 5.74) is 4.77. The summed E-state index contributed by atoms with van der Waals surface area (Å²) >= 11 is 0. The smallest absolute Gasteiger partial charge is 0.176 e. The Kier molecular flexibility index (Phi) is 4.14. The van der Waals surface area contributed by atoms with Crippen molar-refractivity contribution in [3.05, 3.63) is 77.3 Å². The topological polar surface area (TPSA) is 84.5 Å². The zero-order valence-electron chi connectivity index (χ0n) is 16.9. The Morgan fingerprint density at radius 2 is 2.00 bits per heavy atom. The minimum Gasteiger partial charge on any atom is -0.293 e. The van der Waals surface area contributed by atoms with Gasteiger partial charge in [-0.3, -0.25) is 9.48 Å². The maximum atomic E-state index is 12.9. The summed E-state index contributed by atoms with van der Waals surface area (Å²) in [5.74, 6) is -0.256. The zero-order chi connectivity index (χ0) is 20.9. The third-order valence-corrected chi connectivity index (χ3v) is 6.71. The predicted molar refractivity (Wildman–Crippen MR) is 111 cm³/mol. The largest absolute Gasteiger partial charge is 0.293 e. The standard InChI is InChI=1S/C24H21N5O/c1-15-20-9-8-19-21(16-10-11-26-27-14-16)29(2)28-23(19)24(20,12-17(13-25)22(15)30)18-6-4-3-5-7-18/h3-7,10-12,14-15,20H,8-9H2,1-2H3/t15-,20-,24+/m0/s1. The number of nitrogens with zero attached hydrogens (tertiary/aromatic N) is 5. The van der Waals surface area contributed by atoms with E-state index in [0.29, 0.717) is 0 Å². The molecule has 2 heterocycles. The van der Waals surface area contributed by atoms with Gasteiger partial charge >= 0.3 is 0 Å². The lowest BCUT2D eigenvalue weighted by Crippen LogP contribution is -2.48. The van der Waals surface area contributed by atoms with Crippen molar-refractivity contribution in [2.45, 2.75) is 25.2 Å². The molecule has 0 saturated heterocycles. The van der Waals surface area contributed by atoms with Crippen LogP contribution >= 0.6 is 0 Å². The van der Waals surface area contributed by atoms with Crippen LogP contribution in [0.25, 0.3) is 11.3 Å². The minimum absolute atomic E-state index is 0.0512. The van der Waals surface area contributed by atoms with E-state index < -0.39 is 5.41 Å². The predicted octanol–water partition coefficient (Wildman–Crippen LogP) is 3.39. The van der Waals surface area contributed by atoms with Gasteiger partial charge in [0.2, 0.25) is 0 Å². The fraction of sp³-hybridized carbons (Fsp3) is 0.292. The molecule has 3 atom stereocenters. The lowest BCUT2D eigenvalue weighted by atomic mass is 9.54. The molecule has 0 amide bonds. The molecule has 0 unspecified atom stereocenters. The molecular formula is C24H21N5O. The lowest BCUT2D eigenvalue weighted by molar-refractivity contribution is -0.121. The Balaban J connectivity index is 1.85. The molecule has 5 rings (SSSR count). The van der Waals surface area contributed by atoms with Crippen molar-refractivity contribution in [2.24, 2.45) is 18.9 Å². The summed E-state index contributed by atoms with van der Waals surface area (Å²) in [6, 6.07) is 14.3. The molecule has 148 valence electrons. The van der Waals surface area contributed by atoms with Crippen molar-refractivity contribution in [3.63, 3.8) is 0 Å². The maximum Gasteiger partial charge on any atom is 0.176 e. The van der Waals surface area contributed by atoms with E-state index in [-0.39, 0.29) is 23.2 Å². The van der Waals surface area contributed by atoms with Crippen molar-refractivity contribution in [3.8, 4) is 17.3 Å². The van der Waals surface area contributed by atoms with E-state index in [0.717, 1.165) is 40.9 Å². The first-order chi connectivity index (χ1) is 14.6. The monoisotopic (exact) mass is 395 g/mol. The number of carbonyl (C=O) groups is 1. The second kappa shape index (κ2) is 6.74. The van der Waals surface area contributed by atoms with E-state index in [1.165, 1.54) is 0 Å². The fourth-order valence-corrected chi connectivity index (χ4v) is 5.41. The van der Waals surface area contributed by atoms with Crippen molar-refractivity contribution < 1.29 is 4.79 Å². The van der Waals surface area contributed by atoms with Crippen LogP contribution in [0.2, 0.25) is 0 Å². The minimum atomic E-state index is -0.607. The van der Waals surface area contributed by atoms with E-state index in [9.17, 15) is 10.1 Å². The lowest BCUT2D eigenvalue weighted by Gasteiger charge is -2.46. The van der Waals surface area contributed by atoms with Crippen molar-refractivity contribution in [1.29, 1.82) is 5.26 Å². The van der Waals surface area contributed by atoms with Gasteiger partial charge in [0.05, 0.1) is 34.8 Å². The van der Waals surface area contributed by atoms with Crippen molar-refractivity contribution in [2.75, 3.05) is 0 Å². The molecule has 0 bridgehead atoms. The van der Waals surface area contributed by atoms with Gasteiger partial charge in [0.25, 0.3) is 0 Å². The van der Waals surface area contributed by atoms with E-state index in [1.807, 2.05) is 49.0 Å². The molecule has 2 aromatic heterocycles. The van der Waals surface area contributed by atoms with Crippen LogP contribution < -0.4 is 0 Å². The highest BCUT2D eigenvalue weighted by molar-refractivity contribution is 6.02. The fourth-order valence-electron chi connectivity index (χ4n) is 5.41. The number of hydrogen-bond acceptors (Lipinski definition) is 5. The number of Topliss-reactive ketones (excluding diaryl/α,β-unsaturated/α-hetero) is 1. The Bertz CT molecular complexity index is 1210. The van der Waals surface area contributed by atoms with Gasteiger partial charge in [0.1, 0.15) is 6.07 Å². The van der Waals surface area contributed by atoms with Gasteiger partial charge < -0.3 is 0 Å². The molecule has 0 fully saturated rings. The third-order valence-electron chi connectivity index (χ3n) is 6.71. The Hall–Kier alpha value is -3.59. The molecule has 6 heteroatoms. The number of aryl methyl sites for hydroxylation is 1. The molecule has 0 aliphatic heterocycles. The van der Waals surface area contributed by atoms with Gasteiger partial charge in [-0.05, 0) is 36.5 Å². The van der Waals surface area contributed by atoms with Crippen LogP contribution in [0.1, 0.15) is 30.2 Å². The molecule has 30 heavy (non-hydrogen) atoms. The van der Waals surface area contributed by atoms with Crippen LogP contribution in [0, 0.1) is 23.2 Å². The summed E-state index contributed by atoms with van der Waals surface area (Å²) in [7, 11) is 1.94. The second-order valence-electron chi connectivity index (χ2n) is 8.13. The van der Waals surface area contributed by atoms with Gasteiger partial charge in [0.15, 0.2) is 5.78 Å². The van der Waals surface area contributed by atoms with E-state index in [1.54, 1.807) is 12.4 Å². The molecule has 0 spiro atoms.